The SMILES string of the molecule is O=C(Nc1csc2ncc(C(F)(F)F)cc12)c1ccc(I)cc1N1CCC2(CC1)CC2. The van der Waals surface area contributed by atoms with E-state index in [4.69, 9.17) is 0 Å². The van der Waals surface area contributed by atoms with Gasteiger partial charge >= 0.3 is 6.18 Å². The molecule has 1 aromatic carbocycles. The van der Waals surface area contributed by atoms with Crippen molar-refractivity contribution in [3.05, 3.63) is 50.5 Å². The van der Waals surface area contributed by atoms with Crippen LogP contribution in [-0.2, 0) is 6.18 Å². The number of aromatic nitrogens is 1. The van der Waals surface area contributed by atoms with Crippen molar-refractivity contribution in [2.24, 2.45) is 5.41 Å². The van der Waals surface area contributed by atoms with Crippen molar-refractivity contribution in [3.63, 3.8) is 0 Å². The predicted molar refractivity (Wildman–Crippen MR) is 125 cm³/mol. The Bertz CT molecular complexity index is 1160. The minimum absolute atomic E-state index is 0.300. The zero-order valence-electron chi connectivity index (χ0n) is 16.4. The highest BCUT2D eigenvalue weighted by Crippen LogP contribution is 2.54. The number of anilines is 2. The molecule has 162 valence electrons. The molecule has 5 rings (SSSR count). The van der Waals surface area contributed by atoms with Gasteiger partial charge in [-0.25, -0.2) is 4.98 Å². The van der Waals surface area contributed by atoms with E-state index in [1.165, 1.54) is 24.2 Å². The molecule has 1 saturated carbocycles. The van der Waals surface area contributed by atoms with Gasteiger partial charge in [0.05, 0.1) is 22.5 Å². The minimum atomic E-state index is -4.49. The smallest absolute Gasteiger partial charge is 0.371 e. The number of carbonyl (C=O) groups excluding carboxylic acids is 1. The molecule has 0 radical (unpaired) electrons. The highest BCUT2D eigenvalue weighted by molar-refractivity contribution is 14.1. The summed E-state index contributed by atoms with van der Waals surface area (Å²) in [6.07, 6.45) is 1.23. The summed E-state index contributed by atoms with van der Waals surface area (Å²) in [4.78, 5) is 19.8. The summed E-state index contributed by atoms with van der Waals surface area (Å²) in [6, 6.07) is 6.72. The van der Waals surface area contributed by atoms with Crippen molar-refractivity contribution in [3.8, 4) is 0 Å². The van der Waals surface area contributed by atoms with Crippen molar-refractivity contribution >= 4 is 61.4 Å². The monoisotopic (exact) mass is 557 g/mol. The first-order chi connectivity index (χ1) is 14.7. The summed E-state index contributed by atoms with van der Waals surface area (Å²) >= 11 is 3.44. The molecule has 9 heteroatoms. The standard InChI is InChI=1S/C22H19F3IN3OS/c23-22(24,25)13-9-16-17(12-31-20(16)27-11-13)28-19(30)15-2-1-14(26)10-18(15)29-7-5-21(3-4-21)6-8-29/h1-2,9-12H,3-8H2,(H,28,30). The molecule has 2 aromatic heterocycles. The molecule has 0 bridgehead atoms. The summed E-state index contributed by atoms with van der Waals surface area (Å²) in [6.45, 7) is 1.83. The molecule has 1 amide bonds. The van der Waals surface area contributed by atoms with Gasteiger partial charge in [0, 0.05) is 33.6 Å². The normalized spacial score (nSPS) is 17.9. The zero-order valence-corrected chi connectivity index (χ0v) is 19.4. The zero-order chi connectivity index (χ0) is 21.8. The molecule has 3 aromatic rings. The summed E-state index contributed by atoms with van der Waals surface area (Å²) in [5, 5.41) is 4.76. The number of fused-ring (bicyclic) bond motifs is 1. The Morgan fingerprint density at radius 3 is 2.58 bits per heavy atom. The van der Waals surface area contributed by atoms with Gasteiger partial charge in [0.25, 0.3) is 5.91 Å². The molecule has 1 N–H and O–H groups in total. The van der Waals surface area contributed by atoms with Crippen molar-refractivity contribution in [1.82, 2.24) is 4.98 Å². The Labute approximate surface area is 195 Å². The van der Waals surface area contributed by atoms with E-state index in [2.05, 4.69) is 37.8 Å². The topological polar surface area (TPSA) is 45.2 Å². The Balaban J connectivity index is 1.43. The maximum Gasteiger partial charge on any atom is 0.417 e. The van der Waals surface area contributed by atoms with E-state index in [1.54, 1.807) is 11.4 Å². The minimum Gasteiger partial charge on any atom is -0.371 e. The second-order valence-corrected chi connectivity index (χ2v) is 10.4. The van der Waals surface area contributed by atoms with Crippen LogP contribution in [0.5, 0.6) is 0 Å². The number of pyridine rings is 1. The Kier molecular flexibility index (Phi) is 5.16. The lowest BCUT2D eigenvalue weighted by Gasteiger charge is -2.35. The first-order valence-electron chi connectivity index (χ1n) is 10.0. The molecule has 4 nitrogen and oxygen atoms in total. The molecular weight excluding hydrogens is 538 g/mol. The second-order valence-electron chi connectivity index (χ2n) is 8.33. The summed E-state index contributed by atoms with van der Waals surface area (Å²) in [5.74, 6) is -0.324. The maximum atomic E-state index is 13.2. The van der Waals surface area contributed by atoms with Gasteiger partial charge in [-0.3, -0.25) is 4.79 Å². The average Bonchev–Trinajstić information content (AvgIpc) is 3.37. The molecular formula is C22H19F3IN3OS. The fraction of sp³-hybridized carbons (Fsp3) is 0.364. The number of alkyl halides is 3. The van der Waals surface area contributed by atoms with Gasteiger partial charge < -0.3 is 10.2 Å². The third-order valence-corrected chi connectivity index (χ3v) is 7.90. The van der Waals surface area contributed by atoms with E-state index >= 15 is 0 Å². The number of hydrogen-bond acceptors (Lipinski definition) is 4. The van der Waals surface area contributed by atoms with E-state index in [9.17, 15) is 18.0 Å². The average molecular weight is 557 g/mol. The third kappa shape index (κ3) is 4.13. The number of halogens is 4. The number of hydrogen-bond donors (Lipinski definition) is 1. The third-order valence-electron chi connectivity index (χ3n) is 6.33. The molecule has 1 aliphatic heterocycles. The van der Waals surface area contributed by atoms with E-state index < -0.39 is 11.7 Å². The summed E-state index contributed by atoms with van der Waals surface area (Å²) in [5.41, 5.74) is 1.47. The van der Waals surface area contributed by atoms with Crippen LogP contribution in [0, 0.1) is 8.99 Å². The van der Waals surface area contributed by atoms with Crippen LogP contribution in [0.2, 0.25) is 0 Å². The largest absolute Gasteiger partial charge is 0.417 e. The number of rotatable bonds is 3. The van der Waals surface area contributed by atoms with Crippen molar-refractivity contribution < 1.29 is 18.0 Å². The number of nitrogens with one attached hydrogen (secondary N) is 1. The van der Waals surface area contributed by atoms with Crippen LogP contribution in [0.1, 0.15) is 41.6 Å². The van der Waals surface area contributed by atoms with Gasteiger partial charge in [-0.05, 0) is 78.0 Å². The molecule has 2 fully saturated rings. The van der Waals surface area contributed by atoms with Crippen LogP contribution in [0.25, 0.3) is 10.2 Å². The van der Waals surface area contributed by atoms with Crippen LogP contribution in [0.3, 0.4) is 0 Å². The van der Waals surface area contributed by atoms with Crippen LogP contribution in [-0.4, -0.2) is 24.0 Å². The van der Waals surface area contributed by atoms with Gasteiger partial charge in [0.15, 0.2) is 0 Å². The van der Waals surface area contributed by atoms with Crippen molar-refractivity contribution in [1.29, 1.82) is 0 Å². The number of amides is 1. The van der Waals surface area contributed by atoms with Gasteiger partial charge in [0.1, 0.15) is 4.83 Å². The van der Waals surface area contributed by atoms with Gasteiger partial charge in [-0.15, -0.1) is 11.3 Å². The first kappa shape index (κ1) is 21.0. The molecule has 2 aliphatic rings. The fourth-order valence-corrected chi connectivity index (χ4v) is 5.52. The van der Waals surface area contributed by atoms with Crippen LogP contribution < -0.4 is 10.2 Å². The van der Waals surface area contributed by atoms with E-state index in [0.29, 0.717) is 26.9 Å². The van der Waals surface area contributed by atoms with Gasteiger partial charge in [0.2, 0.25) is 0 Å². The highest BCUT2D eigenvalue weighted by atomic mass is 127. The fourth-order valence-electron chi connectivity index (χ4n) is 4.22. The van der Waals surface area contributed by atoms with Gasteiger partial charge in [-0.2, -0.15) is 13.2 Å². The van der Waals surface area contributed by atoms with Crippen molar-refractivity contribution in [2.75, 3.05) is 23.3 Å². The highest BCUT2D eigenvalue weighted by Gasteiger charge is 2.44. The Morgan fingerprint density at radius 1 is 1.16 bits per heavy atom. The molecule has 3 heterocycles. The number of carbonyl (C=O) groups is 1. The number of piperidine rings is 1. The van der Waals surface area contributed by atoms with Crippen LogP contribution in [0.4, 0.5) is 24.5 Å². The first-order valence-corrected chi connectivity index (χ1v) is 12.0. The van der Waals surface area contributed by atoms with Crippen LogP contribution >= 0.6 is 33.9 Å². The molecule has 0 unspecified atom stereocenters. The molecule has 31 heavy (non-hydrogen) atoms. The molecule has 1 aliphatic carbocycles. The Morgan fingerprint density at radius 2 is 1.90 bits per heavy atom. The van der Waals surface area contributed by atoms with Crippen LogP contribution in [0.15, 0.2) is 35.8 Å². The van der Waals surface area contributed by atoms with E-state index in [0.717, 1.165) is 47.5 Å². The quantitative estimate of drug-likeness (QED) is 0.372. The molecule has 0 atom stereocenters. The molecule has 1 spiro atoms. The molecule has 1 saturated heterocycles. The summed E-state index contributed by atoms with van der Waals surface area (Å²) < 4.78 is 40.4. The number of thiophene rings is 1. The van der Waals surface area contributed by atoms with Gasteiger partial charge in [-0.1, -0.05) is 0 Å². The lowest BCUT2D eigenvalue weighted by Crippen LogP contribution is -2.35. The Hall–Kier alpha value is -1.88. The van der Waals surface area contributed by atoms with Crippen molar-refractivity contribution in [2.45, 2.75) is 31.9 Å². The maximum absolute atomic E-state index is 13.2. The lowest BCUT2D eigenvalue weighted by molar-refractivity contribution is -0.137. The number of nitrogens with zero attached hydrogens (tertiary/aromatic N) is 2. The lowest BCUT2D eigenvalue weighted by atomic mass is 9.93. The summed E-state index contributed by atoms with van der Waals surface area (Å²) in [7, 11) is 0. The van der Waals surface area contributed by atoms with E-state index in [1.807, 2.05) is 12.1 Å². The predicted octanol–water partition coefficient (Wildman–Crippen LogP) is 6.55. The van der Waals surface area contributed by atoms with E-state index in [-0.39, 0.29) is 5.91 Å². The second kappa shape index (κ2) is 7.61. The number of benzene rings is 1.